The van der Waals surface area contributed by atoms with Crippen LogP contribution in [0.5, 0.6) is 5.75 Å². The number of allylic oxidation sites excluding steroid dienone is 1. The number of pyridine rings is 1. The zero-order chi connectivity index (χ0) is 30.3. The lowest BCUT2D eigenvalue weighted by atomic mass is 9.87. The molecule has 1 amide bonds. The fraction of sp³-hybridized carbons (Fsp3) is 0.233. The van der Waals surface area contributed by atoms with Crippen molar-refractivity contribution in [3.05, 3.63) is 102 Å². The molecule has 4 rings (SSSR count). The number of likely N-dealkylation sites (N-methyl/N-ethyl adjacent to an activating group) is 1. The number of benzene rings is 2. The van der Waals surface area contributed by atoms with E-state index in [1.165, 1.54) is 41.4 Å². The van der Waals surface area contributed by atoms with Crippen molar-refractivity contribution in [2.75, 3.05) is 33.8 Å². The minimum atomic E-state index is -4.67. The zero-order valence-electron chi connectivity index (χ0n) is 22.8. The summed E-state index contributed by atoms with van der Waals surface area (Å²) in [7, 11) is 3.31. The molecule has 0 saturated heterocycles. The third-order valence-corrected chi connectivity index (χ3v) is 6.23. The number of nitrogens with one attached hydrogen (secondary N) is 2. The number of H-pyrrole nitrogens is 1. The summed E-state index contributed by atoms with van der Waals surface area (Å²) in [6, 6.07) is 11.9. The summed E-state index contributed by atoms with van der Waals surface area (Å²) in [5.74, 6) is -1.32. The molecule has 7 nitrogen and oxygen atoms in total. The zero-order valence-corrected chi connectivity index (χ0v) is 22.8. The highest BCUT2D eigenvalue weighted by molar-refractivity contribution is 6.00. The number of rotatable bonds is 11. The number of nitrogens with zero attached hydrogens (tertiary/aromatic N) is 3. The van der Waals surface area contributed by atoms with E-state index in [1.54, 1.807) is 44.4 Å². The third-order valence-electron chi connectivity index (χ3n) is 6.23. The van der Waals surface area contributed by atoms with E-state index < -0.39 is 24.4 Å². The van der Waals surface area contributed by atoms with Crippen LogP contribution < -0.4 is 10.1 Å². The van der Waals surface area contributed by atoms with Crippen molar-refractivity contribution in [3.8, 4) is 5.75 Å². The van der Waals surface area contributed by atoms with Gasteiger partial charge in [0.05, 0.1) is 23.5 Å². The number of alkyl halides is 3. The molecule has 0 aliphatic rings. The van der Waals surface area contributed by atoms with Crippen LogP contribution >= 0.6 is 0 Å². The van der Waals surface area contributed by atoms with E-state index in [-0.39, 0.29) is 40.2 Å². The molecule has 2 N–H and O–H groups in total. The van der Waals surface area contributed by atoms with Crippen molar-refractivity contribution < 1.29 is 31.5 Å². The number of aromatic amines is 1. The Bertz CT molecular complexity index is 1590. The van der Waals surface area contributed by atoms with Gasteiger partial charge in [0.15, 0.2) is 0 Å². The number of hydrogen-bond acceptors (Lipinski definition) is 5. The normalized spacial score (nSPS) is 12.5. The second-order valence-electron chi connectivity index (χ2n) is 9.48. The topological polar surface area (TPSA) is 83.1 Å². The van der Waals surface area contributed by atoms with E-state index in [0.717, 1.165) is 6.20 Å². The summed E-state index contributed by atoms with van der Waals surface area (Å²) in [5, 5.41) is 9.25. The van der Waals surface area contributed by atoms with Gasteiger partial charge in [-0.15, -0.1) is 0 Å². The van der Waals surface area contributed by atoms with Gasteiger partial charge >= 0.3 is 6.18 Å². The lowest BCUT2D eigenvalue weighted by Gasteiger charge is -2.19. The standard InChI is InChI=1S/C30H28F5N5O2/c1-40(2)27(41)4-3-12-36-14-15-42-21-8-5-19(6-9-21)28(20-7-10-26-23(16-20)29(32)39-38-26)24(17-30(33,34)35)22-11-13-37-18-25(22)31/h3-11,13,16,18,36H,12,14-15,17H2,1-2H3,(H,38,39). The summed E-state index contributed by atoms with van der Waals surface area (Å²) in [5.41, 5.74) is 0.362. The summed E-state index contributed by atoms with van der Waals surface area (Å²) in [6.07, 6.45) is -0.890. The average Bonchev–Trinajstić information content (AvgIpc) is 3.32. The third kappa shape index (κ3) is 7.78. The summed E-state index contributed by atoms with van der Waals surface area (Å²) in [6.45, 7) is 1.22. The summed E-state index contributed by atoms with van der Waals surface area (Å²) < 4.78 is 76.6. The van der Waals surface area contributed by atoms with Gasteiger partial charge in [-0.05, 0) is 52.6 Å². The molecule has 42 heavy (non-hydrogen) atoms. The van der Waals surface area contributed by atoms with Crippen LogP contribution in [0.25, 0.3) is 22.0 Å². The molecule has 4 aromatic rings. The number of aromatic nitrogens is 3. The molecule has 0 saturated carbocycles. The molecule has 0 spiro atoms. The number of amides is 1. The van der Waals surface area contributed by atoms with E-state index in [9.17, 15) is 26.7 Å². The van der Waals surface area contributed by atoms with Crippen molar-refractivity contribution in [2.45, 2.75) is 12.6 Å². The smallest absolute Gasteiger partial charge is 0.393 e. The Labute approximate surface area is 238 Å². The van der Waals surface area contributed by atoms with Crippen molar-refractivity contribution in [3.63, 3.8) is 0 Å². The maximum Gasteiger partial charge on any atom is 0.393 e. The highest BCUT2D eigenvalue weighted by Crippen LogP contribution is 2.41. The van der Waals surface area contributed by atoms with Gasteiger partial charge in [-0.2, -0.15) is 22.7 Å². The van der Waals surface area contributed by atoms with Gasteiger partial charge in [0, 0.05) is 45.0 Å². The largest absolute Gasteiger partial charge is 0.492 e. The quantitative estimate of drug-likeness (QED) is 0.133. The van der Waals surface area contributed by atoms with Gasteiger partial charge in [-0.3, -0.25) is 14.9 Å². The number of carbonyl (C=O) groups excluding carboxylic acids is 1. The van der Waals surface area contributed by atoms with E-state index in [2.05, 4.69) is 20.5 Å². The average molecular weight is 586 g/mol. The molecule has 0 aliphatic carbocycles. The van der Waals surface area contributed by atoms with E-state index in [4.69, 9.17) is 4.74 Å². The summed E-state index contributed by atoms with van der Waals surface area (Å²) >= 11 is 0. The minimum Gasteiger partial charge on any atom is -0.492 e. The molecule has 220 valence electrons. The van der Waals surface area contributed by atoms with Crippen LogP contribution in [0.4, 0.5) is 22.0 Å². The van der Waals surface area contributed by atoms with E-state index in [0.29, 0.717) is 29.9 Å². The number of fused-ring (bicyclic) bond motifs is 1. The van der Waals surface area contributed by atoms with Crippen LogP contribution in [0.2, 0.25) is 0 Å². The van der Waals surface area contributed by atoms with Crippen LogP contribution in [-0.2, 0) is 4.79 Å². The summed E-state index contributed by atoms with van der Waals surface area (Å²) in [4.78, 5) is 16.7. The predicted molar refractivity (Wildman–Crippen MR) is 149 cm³/mol. The fourth-order valence-corrected chi connectivity index (χ4v) is 4.24. The van der Waals surface area contributed by atoms with Gasteiger partial charge < -0.3 is 15.0 Å². The minimum absolute atomic E-state index is 0.0761. The lowest BCUT2D eigenvalue weighted by Crippen LogP contribution is -2.22. The van der Waals surface area contributed by atoms with E-state index in [1.807, 2.05) is 0 Å². The highest BCUT2D eigenvalue weighted by Gasteiger charge is 2.32. The maximum absolute atomic E-state index is 14.9. The second kappa shape index (κ2) is 13.4. The molecule has 2 aromatic carbocycles. The Morgan fingerprint density at radius 1 is 1.07 bits per heavy atom. The number of carbonyl (C=O) groups is 1. The molecular weight excluding hydrogens is 557 g/mol. The molecule has 0 atom stereocenters. The Kier molecular flexibility index (Phi) is 9.68. The number of halogens is 5. The van der Waals surface area contributed by atoms with Gasteiger partial charge in [0.25, 0.3) is 0 Å². The fourth-order valence-electron chi connectivity index (χ4n) is 4.24. The van der Waals surface area contributed by atoms with Crippen molar-refractivity contribution in [1.29, 1.82) is 0 Å². The molecule has 2 heterocycles. The van der Waals surface area contributed by atoms with Crippen LogP contribution in [0, 0.1) is 11.8 Å². The number of hydrogen-bond donors (Lipinski definition) is 2. The monoisotopic (exact) mass is 585 g/mol. The molecule has 0 fully saturated rings. The number of ether oxygens (including phenoxy) is 1. The predicted octanol–water partition coefficient (Wildman–Crippen LogP) is 5.76. The van der Waals surface area contributed by atoms with Crippen LogP contribution in [0.3, 0.4) is 0 Å². The van der Waals surface area contributed by atoms with Crippen molar-refractivity contribution in [1.82, 2.24) is 25.4 Å². The maximum atomic E-state index is 14.9. The van der Waals surface area contributed by atoms with E-state index >= 15 is 0 Å². The van der Waals surface area contributed by atoms with Crippen molar-refractivity contribution in [2.24, 2.45) is 0 Å². The first kappa shape index (κ1) is 30.4. The second-order valence-corrected chi connectivity index (χ2v) is 9.48. The van der Waals surface area contributed by atoms with Gasteiger partial charge in [0.1, 0.15) is 18.2 Å². The highest BCUT2D eigenvalue weighted by atomic mass is 19.4. The molecular formula is C30H28F5N5O2. The molecule has 0 unspecified atom stereocenters. The Morgan fingerprint density at radius 3 is 2.50 bits per heavy atom. The van der Waals surface area contributed by atoms with Crippen LogP contribution in [0.1, 0.15) is 23.1 Å². The molecule has 0 aliphatic heterocycles. The molecule has 0 radical (unpaired) electrons. The Hall–Kier alpha value is -4.58. The van der Waals surface area contributed by atoms with Gasteiger partial charge in [-0.1, -0.05) is 24.3 Å². The molecule has 2 aromatic heterocycles. The van der Waals surface area contributed by atoms with Crippen molar-refractivity contribution >= 4 is 28.0 Å². The SMILES string of the molecule is CN(C)C(=O)C=CCNCCOc1ccc(C(=C(CC(F)(F)F)c2ccncc2F)c2ccc3n[nH]c(F)c3c2)cc1. The first-order chi connectivity index (χ1) is 20.0. The first-order valence-electron chi connectivity index (χ1n) is 12.9. The molecule has 12 heteroatoms. The van der Waals surface area contributed by atoms with Gasteiger partial charge in [-0.25, -0.2) is 4.39 Å². The Balaban J connectivity index is 1.64. The van der Waals surface area contributed by atoms with Crippen LogP contribution in [-0.4, -0.2) is 66.0 Å². The van der Waals surface area contributed by atoms with Crippen LogP contribution in [0.15, 0.2) is 73.1 Å². The Morgan fingerprint density at radius 2 is 1.81 bits per heavy atom. The lowest BCUT2D eigenvalue weighted by molar-refractivity contribution is -0.124. The molecule has 0 bridgehead atoms. The first-order valence-corrected chi connectivity index (χ1v) is 12.9. The van der Waals surface area contributed by atoms with Gasteiger partial charge in [0.2, 0.25) is 11.9 Å².